The van der Waals surface area contributed by atoms with E-state index in [0.29, 0.717) is 35.6 Å². The van der Waals surface area contributed by atoms with E-state index in [1.54, 1.807) is 34.1 Å². The SMILES string of the molecule is CC1CN(C(=O)Cc2cccc(F)c2)c2ccccc2N(C(=O)Cc2cccc(F)c2)C1. The number of rotatable bonds is 4. The Hall–Kier alpha value is -3.54. The summed E-state index contributed by atoms with van der Waals surface area (Å²) in [6, 6.07) is 19.3. The first kappa shape index (κ1) is 21.7. The predicted octanol–water partition coefficient (Wildman–Crippen LogP) is 4.77. The van der Waals surface area contributed by atoms with Gasteiger partial charge < -0.3 is 9.80 Å². The van der Waals surface area contributed by atoms with Crippen molar-refractivity contribution in [3.8, 4) is 0 Å². The fraction of sp³-hybridized carbons (Fsp3) is 0.231. The molecule has 32 heavy (non-hydrogen) atoms. The molecule has 0 N–H and O–H groups in total. The van der Waals surface area contributed by atoms with Crippen molar-refractivity contribution >= 4 is 23.2 Å². The van der Waals surface area contributed by atoms with Crippen molar-refractivity contribution in [1.29, 1.82) is 0 Å². The number of halogens is 2. The van der Waals surface area contributed by atoms with E-state index < -0.39 is 0 Å². The highest BCUT2D eigenvalue weighted by Gasteiger charge is 2.30. The molecule has 2 amide bonds. The summed E-state index contributed by atoms with van der Waals surface area (Å²) in [5, 5.41) is 0. The molecular formula is C26H24F2N2O2. The first-order valence-corrected chi connectivity index (χ1v) is 10.6. The second-order valence-corrected chi connectivity index (χ2v) is 8.22. The van der Waals surface area contributed by atoms with Gasteiger partial charge in [0.25, 0.3) is 0 Å². The Balaban J connectivity index is 1.62. The van der Waals surface area contributed by atoms with Crippen molar-refractivity contribution in [1.82, 2.24) is 0 Å². The average molecular weight is 434 g/mol. The van der Waals surface area contributed by atoms with Crippen LogP contribution in [0.15, 0.2) is 72.8 Å². The van der Waals surface area contributed by atoms with Gasteiger partial charge in [0.2, 0.25) is 11.8 Å². The smallest absolute Gasteiger partial charge is 0.231 e. The Kier molecular flexibility index (Phi) is 6.30. The molecular weight excluding hydrogens is 410 g/mol. The van der Waals surface area contributed by atoms with Crippen LogP contribution in [0, 0.1) is 17.6 Å². The number of fused-ring (bicyclic) bond motifs is 1. The number of hydrogen-bond acceptors (Lipinski definition) is 2. The summed E-state index contributed by atoms with van der Waals surface area (Å²) in [7, 11) is 0. The molecule has 1 heterocycles. The van der Waals surface area contributed by atoms with Crippen molar-refractivity contribution in [2.45, 2.75) is 19.8 Å². The van der Waals surface area contributed by atoms with Gasteiger partial charge in [-0.25, -0.2) is 8.78 Å². The molecule has 3 aromatic carbocycles. The number of anilines is 2. The van der Waals surface area contributed by atoms with Gasteiger partial charge in [0.05, 0.1) is 24.2 Å². The Morgan fingerprint density at radius 2 is 1.19 bits per heavy atom. The van der Waals surface area contributed by atoms with Gasteiger partial charge in [-0.3, -0.25) is 9.59 Å². The van der Waals surface area contributed by atoms with Gasteiger partial charge in [-0.2, -0.15) is 0 Å². The van der Waals surface area contributed by atoms with Gasteiger partial charge in [0, 0.05) is 13.1 Å². The highest BCUT2D eigenvalue weighted by atomic mass is 19.1. The number of amides is 2. The third-order valence-corrected chi connectivity index (χ3v) is 5.54. The summed E-state index contributed by atoms with van der Waals surface area (Å²) in [4.78, 5) is 29.8. The zero-order valence-corrected chi connectivity index (χ0v) is 17.8. The quantitative estimate of drug-likeness (QED) is 0.594. The largest absolute Gasteiger partial charge is 0.310 e. The van der Waals surface area contributed by atoms with E-state index >= 15 is 0 Å². The maximum Gasteiger partial charge on any atom is 0.231 e. The summed E-state index contributed by atoms with van der Waals surface area (Å²) >= 11 is 0. The molecule has 4 rings (SSSR count). The molecule has 4 nitrogen and oxygen atoms in total. The first-order valence-electron chi connectivity index (χ1n) is 10.6. The molecule has 0 unspecified atom stereocenters. The van der Waals surface area contributed by atoms with E-state index in [1.807, 2.05) is 31.2 Å². The lowest BCUT2D eigenvalue weighted by Gasteiger charge is -2.25. The van der Waals surface area contributed by atoms with E-state index in [-0.39, 0.29) is 42.2 Å². The Morgan fingerprint density at radius 3 is 1.59 bits per heavy atom. The lowest BCUT2D eigenvalue weighted by Crippen LogP contribution is -2.37. The van der Waals surface area contributed by atoms with Gasteiger partial charge in [-0.15, -0.1) is 0 Å². The minimum Gasteiger partial charge on any atom is -0.310 e. The van der Waals surface area contributed by atoms with Crippen LogP contribution in [0.1, 0.15) is 18.1 Å². The number of benzene rings is 3. The van der Waals surface area contributed by atoms with Crippen LogP contribution < -0.4 is 9.80 Å². The molecule has 6 heteroatoms. The molecule has 0 radical (unpaired) electrons. The Morgan fingerprint density at radius 1 is 0.750 bits per heavy atom. The van der Waals surface area contributed by atoms with Gasteiger partial charge in [0.15, 0.2) is 0 Å². The summed E-state index contributed by atoms with van der Waals surface area (Å²) in [6.07, 6.45) is 0.131. The molecule has 0 atom stereocenters. The van der Waals surface area contributed by atoms with E-state index in [0.717, 1.165) is 0 Å². The molecule has 1 aliphatic rings. The molecule has 0 fully saturated rings. The van der Waals surface area contributed by atoms with Crippen LogP contribution in [0.4, 0.5) is 20.2 Å². The normalized spacial score (nSPS) is 14.1. The zero-order chi connectivity index (χ0) is 22.7. The first-order chi connectivity index (χ1) is 15.4. The second-order valence-electron chi connectivity index (χ2n) is 8.22. The number of carbonyl (C=O) groups excluding carboxylic acids is 2. The van der Waals surface area contributed by atoms with Crippen LogP contribution in [-0.2, 0) is 22.4 Å². The van der Waals surface area contributed by atoms with E-state index in [9.17, 15) is 18.4 Å². The van der Waals surface area contributed by atoms with Gasteiger partial charge in [-0.05, 0) is 53.4 Å². The monoisotopic (exact) mass is 434 g/mol. The predicted molar refractivity (Wildman–Crippen MR) is 121 cm³/mol. The second kappa shape index (κ2) is 9.30. The minimum atomic E-state index is -0.381. The maximum absolute atomic E-state index is 13.6. The Labute approximate surface area is 186 Å². The van der Waals surface area contributed by atoms with Gasteiger partial charge in [-0.1, -0.05) is 43.3 Å². The third kappa shape index (κ3) is 4.85. The molecule has 0 saturated carbocycles. The van der Waals surface area contributed by atoms with Crippen molar-refractivity contribution in [2.24, 2.45) is 5.92 Å². The average Bonchev–Trinajstić information content (AvgIpc) is 2.91. The summed E-state index contributed by atoms with van der Waals surface area (Å²) in [5.74, 6) is -1.07. The molecule has 0 saturated heterocycles. The third-order valence-electron chi connectivity index (χ3n) is 5.54. The lowest BCUT2D eigenvalue weighted by molar-refractivity contribution is -0.118. The summed E-state index contributed by atoms with van der Waals surface area (Å²) < 4.78 is 27.2. The van der Waals surface area contributed by atoms with Crippen molar-refractivity contribution < 1.29 is 18.4 Å². The highest BCUT2D eigenvalue weighted by Crippen LogP contribution is 2.34. The summed E-state index contributed by atoms with van der Waals surface area (Å²) in [6.45, 7) is 2.86. The van der Waals surface area contributed by atoms with Crippen molar-refractivity contribution in [3.05, 3.63) is 95.6 Å². The van der Waals surface area contributed by atoms with Crippen LogP contribution in [0.2, 0.25) is 0 Å². The number of carbonyl (C=O) groups is 2. The van der Waals surface area contributed by atoms with Crippen molar-refractivity contribution in [3.63, 3.8) is 0 Å². The van der Waals surface area contributed by atoms with Crippen LogP contribution >= 0.6 is 0 Å². The molecule has 0 aliphatic carbocycles. The van der Waals surface area contributed by atoms with Gasteiger partial charge >= 0.3 is 0 Å². The molecule has 0 aromatic heterocycles. The minimum absolute atomic E-state index is 0.00955. The topological polar surface area (TPSA) is 40.6 Å². The maximum atomic E-state index is 13.6. The fourth-order valence-electron chi connectivity index (χ4n) is 4.10. The van der Waals surface area contributed by atoms with Crippen LogP contribution in [0.3, 0.4) is 0 Å². The highest BCUT2D eigenvalue weighted by molar-refractivity contribution is 6.03. The van der Waals surface area contributed by atoms with E-state index in [4.69, 9.17) is 0 Å². The Bertz CT molecular complexity index is 1060. The van der Waals surface area contributed by atoms with E-state index in [1.165, 1.54) is 24.3 Å². The fourth-order valence-corrected chi connectivity index (χ4v) is 4.10. The summed E-state index contributed by atoms with van der Waals surface area (Å²) in [5.41, 5.74) is 2.49. The number of para-hydroxylation sites is 2. The van der Waals surface area contributed by atoms with Crippen LogP contribution in [-0.4, -0.2) is 24.9 Å². The zero-order valence-electron chi connectivity index (χ0n) is 17.8. The van der Waals surface area contributed by atoms with Crippen LogP contribution in [0.25, 0.3) is 0 Å². The lowest BCUT2D eigenvalue weighted by atomic mass is 10.1. The van der Waals surface area contributed by atoms with Crippen LogP contribution in [0.5, 0.6) is 0 Å². The number of hydrogen-bond donors (Lipinski definition) is 0. The molecule has 0 spiro atoms. The molecule has 164 valence electrons. The van der Waals surface area contributed by atoms with Crippen molar-refractivity contribution in [2.75, 3.05) is 22.9 Å². The molecule has 1 aliphatic heterocycles. The molecule has 0 bridgehead atoms. The van der Waals surface area contributed by atoms with E-state index in [2.05, 4.69) is 0 Å². The number of nitrogens with zero attached hydrogens (tertiary/aromatic N) is 2. The van der Waals surface area contributed by atoms with Gasteiger partial charge in [0.1, 0.15) is 11.6 Å². The molecule has 3 aromatic rings. The standard InChI is InChI=1S/C26H24F2N2O2/c1-18-16-29(25(31)14-19-6-4-8-21(27)12-19)23-10-2-3-11-24(23)30(17-18)26(32)15-20-7-5-9-22(28)13-20/h2-13,18H,14-17H2,1H3.